The fourth-order valence-electron chi connectivity index (χ4n) is 4.28. The van der Waals surface area contributed by atoms with Gasteiger partial charge in [-0.1, -0.05) is 42.5 Å². The number of aromatic nitrogens is 5. The molecule has 0 fully saturated rings. The van der Waals surface area contributed by atoms with E-state index in [0.29, 0.717) is 23.3 Å². The summed E-state index contributed by atoms with van der Waals surface area (Å²) in [5, 5.41) is 2.18. The summed E-state index contributed by atoms with van der Waals surface area (Å²) in [6.07, 6.45) is 9.27. The standard InChI is InChI=1S/C28H19N5O/c34-28-26(14-19-6-4-12-29-16-19)32-25-11-5-13-31-27(25)33(28)22-9-3-8-20(15-22)24-18-30-17-21-7-1-2-10-23(21)24/h1-13,15-18H,14H2. The minimum atomic E-state index is -0.191. The van der Waals surface area contributed by atoms with Gasteiger partial charge >= 0.3 is 0 Å². The number of benzene rings is 2. The van der Waals surface area contributed by atoms with Gasteiger partial charge in [0, 0.05) is 48.4 Å². The van der Waals surface area contributed by atoms with Crippen molar-refractivity contribution in [1.82, 2.24) is 24.5 Å². The van der Waals surface area contributed by atoms with Crippen LogP contribution in [-0.2, 0) is 6.42 Å². The van der Waals surface area contributed by atoms with Crippen LogP contribution in [0.15, 0.2) is 109 Å². The predicted molar refractivity (Wildman–Crippen MR) is 133 cm³/mol. The lowest BCUT2D eigenvalue weighted by atomic mass is 10.0. The molecule has 0 aliphatic heterocycles. The van der Waals surface area contributed by atoms with Gasteiger partial charge in [0.1, 0.15) is 11.2 Å². The summed E-state index contributed by atoms with van der Waals surface area (Å²) in [5.41, 5.74) is 5.09. The van der Waals surface area contributed by atoms with E-state index in [0.717, 1.165) is 33.2 Å². The van der Waals surface area contributed by atoms with Gasteiger partial charge in [0.25, 0.3) is 5.56 Å². The van der Waals surface area contributed by atoms with E-state index in [1.54, 1.807) is 23.2 Å². The van der Waals surface area contributed by atoms with Crippen LogP contribution in [0, 0.1) is 0 Å². The Morgan fingerprint density at radius 2 is 1.71 bits per heavy atom. The molecule has 0 aliphatic carbocycles. The van der Waals surface area contributed by atoms with Crippen molar-refractivity contribution in [2.24, 2.45) is 0 Å². The van der Waals surface area contributed by atoms with Crippen LogP contribution >= 0.6 is 0 Å². The molecular weight excluding hydrogens is 422 g/mol. The summed E-state index contributed by atoms with van der Waals surface area (Å²) in [4.78, 5) is 31.4. The number of rotatable bonds is 4. The van der Waals surface area contributed by atoms with Crippen molar-refractivity contribution < 1.29 is 0 Å². The number of fused-ring (bicyclic) bond motifs is 2. The van der Waals surface area contributed by atoms with E-state index in [-0.39, 0.29) is 5.56 Å². The van der Waals surface area contributed by atoms with E-state index in [9.17, 15) is 4.79 Å². The van der Waals surface area contributed by atoms with Gasteiger partial charge < -0.3 is 0 Å². The average molecular weight is 441 g/mol. The Hall–Kier alpha value is -4.71. The van der Waals surface area contributed by atoms with Crippen LogP contribution in [0.4, 0.5) is 0 Å². The molecule has 6 aromatic rings. The monoisotopic (exact) mass is 441 g/mol. The Labute approximate surface area is 195 Å². The van der Waals surface area contributed by atoms with Crippen molar-refractivity contribution in [3.05, 3.63) is 125 Å². The first-order chi connectivity index (χ1) is 16.8. The quantitative estimate of drug-likeness (QED) is 0.386. The number of nitrogens with zero attached hydrogens (tertiary/aromatic N) is 5. The van der Waals surface area contributed by atoms with Gasteiger partial charge in [0.05, 0.1) is 5.69 Å². The van der Waals surface area contributed by atoms with Crippen molar-refractivity contribution in [1.29, 1.82) is 0 Å². The average Bonchev–Trinajstić information content (AvgIpc) is 2.89. The van der Waals surface area contributed by atoms with Gasteiger partial charge in [0.15, 0.2) is 5.65 Å². The minimum Gasteiger partial charge on any atom is -0.267 e. The Morgan fingerprint density at radius 1 is 0.794 bits per heavy atom. The fourth-order valence-corrected chi connectivity index (χ4v) is 4.28. The third kappa shape index (κ3) is 3.51. The molecule has 4 heterocycles. The van der Waals surface area contributed by atoms with E-state index in [2.05, 4.69) is 26.0 Å². The maximum absolute atomic E-state index is 13.7. The highest BCUT2D eigenvalue weighted by Gasteiger charge is 2.15. The lowest BCUT2D eigenvalue weighted by Gasteiger charge is -2.13. The molecule has 6 heteroatoms. The molecule has 2 aromatic carbocycles. The summed E-state index contributed by atoms with van der Waals surface area (Å²) in [7, 11) is 0. The Morgan fingerprint density at radius 3 is 2.62 bits per heavy atom. The summed E-state index contributed by atoms with van der Waals surface area (Å²) in [5.74, 6) is 0. The highest BCUT2D eigenvalue weighted by atomic mass is 16.1. The van der Waals surface area contributed by atoms with Crippen molar-refractivity contribution >= 4 is 21.9 Å². The zero-order chi connectivity index (χ0) is 22.9. The van der Waals surface area contributed by atoms with E-state index in [1.165, 1.54) is 0 Å². The summed E-state index contributed by atoms with van der Waals surface area (Å²) in [6, 6.07) is 23.6. The van der Waals surface area contributed by atoms with Gasteiger partial charge in [-0.15, -0.1) is 0 Å². The van der Waals surface area contributed by atoms with Crippen molar-refractivity contribution in [2.75, 3.05) is 0 Å². The Balaban J connectivity index is 1.56. The van der Waals surface area contributed by atoms with Gasteiger partial charge in [-0.2, -0.15) is 0 Å². The molecule has 0 spiro atoms. The second-order valence-corrected chi connectivity index (χ2v) is 8.04. The van der Waals surface area contributed by atoms with Crippen LogP contribution in [0.5, 0.6) is 0 Å². The molecule has 0 aliphatic rings. The SMILES string of the molecule is O=c1c(Cc2cccnc2)nc2cccnc2n1-c1cccc(-c2cncc3ccccc23)c1. The second kappa shape index (κ2) is 8.33. The smallest absolute Gasteiger partial charge is 0.267 e. The third-order valence-electron chi connectivity index (χ3n) is 5.86. The Bertz CT molecular complexity index is 1700. The molecule has 0 bridgehead atoms. The molecule has 0 atom stereocenters. The number of hydrogen-bond acceptors (Lipinski definition) is 5. The zero-order valence-corrected chi connectivity index (χ0v) is 18.2. The molecule has 6 nitrogen and oxygen atoms in total. The maximum Gasteiger partial charge on any atom is 0.278 e. The van der Waals surface area contributed by atoms with Crippen molar-refractivity contribution in [3.63, 3.8) is 0 Å². The molecule has 6 rings (SSSR count). The predicted octanol–water partition coefficient (Wildman–Crippen LogP) is 4.98. The summed E-state index contributed by atoms with van der Waals surface area (Å²) >= 11 is 0. The second-order valence-electron chi connectivity index (χ2n) is 8.04. The molecule has 0 radical (unpaired) electrons. The molecular formula is C28H19N5O. The van der Waals surface area contributed by atoms with Crippen LogP contribution < -0.4 is 5.56 Å². The largest absolute Gasteiger partial charge is 0.278 e. The fraction of sp³-hybridized carbons (Fsp3) is 0.0357. The molecule has 34 heavy (non-hydrogen) atoms. The van der Waals surface area contributed by atoms with Gasteiger partial charge in [-0.25, -0.2) is 9.97 Å². The topological polar surface area (TPSA) is 73.6 Å². The molecule has 0 saturated carbocycles. The van der Waals surface area contributed by atoms with Crippen LogP contribution in [-0.4, -0.2) is 24.5 Å². The van der Waals surface area contributed by atoms with Crippen LogP contribution in [0.1, 0.15) is 11.3 Å². The van der Waals surface area contributed by atoms with Crippen molar-refractivity contribution in [2.45, 2.75) is 6.42 Å². The third-order valence-corrected chi connectivity index (χ3v) is 5.86. The maximum atomic E-state index is 13.7. The molecule has 162 valence electrons. The van der Waals surface area contributed by atoms with Crippen LogP contribution in [0.25, 0.3) is 38.8 Å². The summed E-state index contributed by atoms with van der Waals surface area (Å²) in [6.45, 7) is 0. The van der Waals surface area contributed by atoms with E-state index in [1.807, 2.05) is 79.1 Å². The van der Waals surface area contributed by atoms with Gasteiger partial charge in [-0.3, -0.25) is 19.3 Å². The lowest BCUT2D eigenvalue weighted by molar-refractivity contribution is 0.925. The minimum absolute atomic E-state index is 0.191. The van der Waals surface area contributed by atoms with E-state index in [4.69, 9.17) is 0 Å². The molecule has 0 saturated heterocycles. The van der Waals surface area contributed by atoms with E-state index >= 15 is 0 Å². The van der Waals surface area contributed by atoms with Crippen molar-refractivity contribution in [3.8, 4) is 16.8 Å². The summed E-state index contributed by atoms with van der Waals surface area (Å²) < 4.78 is 1.65. The zero-order valence-electron chi connectivity index (χ0n) is 18.2. The van der Waals surface area contributed by atoms with Crippen LogP contribution in [0.2, 0.25) is 0 Å². The van der Waals surface area contributed by atoms with Crippen LogP contribution in [0.3, 0.4) is 0 Å². The number of pyridine rings is 3. The highest BCUT2D eigenvalue weighted by Crippen LogP contribution is 2.29. The molecule has 4 aromatic heterocycles. The first kappa shape index (κ1) is 19.9. The Kier molecular flexibility index (Phi) is 4.88. The van der Waals surface area contributed by atoms with Gasteiger partial charge in [0.2, 0.25) is 0 Å². The number of hydrogen-bond donors (Lipinski definition) is 0. The lowest BCUT2D eigenvalue weighted by Crippen LogP contribution is -2.25. The van der Waals surface area contributed by atoms with Gasteiger partial charge in [-0.05, 0) is 46.8 Å². The first-order valence-corrected chi connectivity index (χ1v) is 11.0. The molecule has 0 N–H and O–H groups in total. The first-order valence-electron chi connectivity index (χ1n) is 11.0. The normalized spacial score (nSPS) is 11.2. The molecule has 0 unspecified atom stereocenters. The highest BCUT2D eigenvalue weighted by molar-refractivity contribution is 5.96. The van der Waals surface area contributed by atoms with E-state index < -0.39 is 0 Å². The molecule has 0 amide bonds.